The molecule has 0 unspecified atom stereocenters. The number of ether oxygens (including phenoxy) is 2. The molecule has 6 rings (SSSR count). The quantitative estimate of drug-likeness (QED) is 0.0981. The van der Waals surface area contributed by atoms with E-state index in [0.29, 0.717) is 5.66 Å². The predicted molar refractivity (Wildman–Crippen MR) is 198 cm³/mol. The van der Waals surface area contributed by atoms with Gasteiger partial charge in [0, 0.05) is 0 Å². The van der Waals surface area contributed by atoms with Crippen molar-refractivity contribution in [3.63, 3.8) is 0 Å². The minimum absolute atomic E-state index is 0. The standard InChI is InChI=1S/C37H50O2P2.C5H.Fe/c1-25-21-32(22-26(2)36(25)38-6)41(33-23-27(3)37(39-7)28(4)24-33)35-20-14-19-34(35)29(5)40(30-15-10-8-11-16-30)31-17-12-9-13-18-31;1-2-4-5-3-1;/h14,20-24,29-31H,8-13,15-18H2,1-7H3;1H;/q-2;-5;+2/t29-;;/m0../s1. The zero-order chi connectivity index (χ0) is 32.6. The van der Waals surface area contributed by atoms with Gasteiger partial charge in [0.15, 0.2) is 0 Å². The molecule has 4 aromatic carbocycles. The van der Waals surface area contributed by atoms with Gasteiger partial charge >= 0.3 is 17.1 Å². The van der Waals surface area contributed by atoms with E-state index < -0.39 is 7.92 Å². The van der Waals surface area contributed by atoms with E-state index >= 15 is 0 Å². The first-order valence-electron chi connectivity index (χ1n) is 17.2. The molecule has 2 aliphatic carbocycles. The largest absolute Gasteiger partial charge is 2.00 e. The van der Waals surface area contributed by atoms with E-state index in [1.807, 2.05) is 0 Å². The zero-order valence-electron chi connectivity index (χ0n) is 29.4. The Morgan fingerprint density at radius 3 is 1.51 bits per heavy atom. The van der Waals surface area contributed by atoms with Gasteiger partial charge < -0.3 is 51.9 Å². The van der Waals surface area contributed by atoms with E-state index in [1.165, 1.54) is 108 Å². The van der Waals surface area contributed by atoms with Crippen molar-refractivity contribution in [1.29, 1.82) is 0 Å². The molecule has 2 saturated carbocycles. The molecule has 2 fully saturated rings. The van der Waals surface area contributed by atoms with Crippen LogP contribution in [0.15, 0.2) is 42.5 Å². The van der Waals surface area contributed by atoms with E-state index in [4.69, 9.17) is 9.47 Å². The van der Waals surface area contributed by atoms with Crippen LogP contribution in [-0.4, -0.2) is 25.5 Å². The SMILES string of the molecule is COc1c(C)cc(P(c2cc(C)c(OC)c(C)c2)[c-]2cc[c-]c2[C@H](C)P(C2CCCCC2)C2CCCCC2)cc1C.[Fe+2].[c-]1[c-][c-][cH-][c-]1. The Kier molecular flexibility index (Phi) is 14.7. The van der Waals surface area contributed by atoms with Gasteiger partial charge in [0.25, 0.3) is 0 Å². The van der Waals surface area contributed by atoms with Crippen LogP contribution in [-0.2, 0) is 17.1 Å². The first-order chi connectivity index (χ1) is 22.3. The summed E-state index contributed by atoms with van der Waals surface area (Å²) in [6.07, 6.45) is 14.4. The summed E-state index contributed by atoms with van der Waals surface area (Å²) in [4.78, 5) is 0. The van der Waals surface area contributed by atoms with Crippen molar-refractivity contribution in [3.05, 3.63) is 101 Å². The molecule has 0 aromatic heterocycles. The molecule has 0 radical (unpaired) electrons. The van der Waals surface area contributed by atoms with Crippen LogP contribution in [0.2, 0.25) is 0 Å². The summed E-state index contributed by atoms with van der Waals surface area (Å²) in [5.74, 6) is 2.01. The molecular weight excluding hydrogens is 654 g/mol. The molecule has 5 heteroatoms. The average molecular weight is 706 g/mol. The number of methoxy groups -OCH3 is 2. The Hall–Kier alpha value is -1.88. The third-order valence-electron chi connectivity index (χ3n) is 10.0. The predicted octanol–water partition coefficient (Wildman–Crippen LogP) is 10.0. The normalized spacial score (nSPS) is 16.4. The molecule has 4 aromatic rings. The van der Waals surface area contributed by atoms with Gasteiger partial charge in [0.05, 0.1) is 14.2 Å². The third-order valence-corrected chi connectivity index (χ3v) is 16.3. The van der Waals surface area contributed by atoms with Gasteiger partial charge in [-0.05, 0) is 127 Å². The second-order valence-corrected chi connectivity index (χ2v) is 18.5. The maximum absolute atomic E-state index is 5.79. The van der Waals surface area contributed by atoms with Gasteiger partial charge in [-0.25, -0.2) is 5.30 Å². The number of rotatable bonds is 9. The van der Waals surface area contributed by atoms with Crippen molar-refractivity contribution in [2.75, 3.05) is 14.2 Å². The van der Waals surface area contributed by atoms with Crippen LogP contribution in [0.25, 0.3) is 0 Å². The minimum atomic E-state index is -0.753. The zero-order valence-corrected chi connectivity index (χ0v) is 32.3. The molecule has 0 amide bonds. The fourth-order valence-corrected chi connectivity index (χ4v) is 15.4. The van der Waals surface area contributed by atoms with E-state index in [1.54, 1.807) is 20.3 Å². The minimum Gasteiger partial charge on any atom is -0.999 e. The fourth-order valence-electron chi connectivity index (χ4n) is 8.11. The summed E-state index contributed by atoms with van der Waals surface area (Å²) in [5, 5.41) is 4.33. The molecule has 0 saturated heterocycles. The van der Waals surface area contributed by atoms with Crippen LogP contribution in [0.1, 0.15) is 105 Å². The van der Waals surface area contributed by atoms with E-state index in [-0.39, 0.29) is 25.0 Å². The van der Waals surface area contributed by atoms with Crippen molar-refractivity contribution in [1.82, 2.24) is 0 Å². The molecule has 0 heterocycles. The van der Waals surface area contributed by atoms with Crippen LogP contribution in [0.4, 0.5) is 0 Å². The van der Waals surface area contributed by atoms with E-state index in [0.717, 1.165) is 22.8 Å². The maximum atomic E-state index is 5.79. The van der Waals surface area contributed by atoms with Gasteiger partial charge in [-0.15, -0.1) is 7.92 Å². The van der Waals surface area contributed by atoms with Crippen molar-refractivity contribution in [2.24, 2.45) is 0 Å². The number of hydrogen-bond acceptors (Lipinski definition) is 2. The first-order valence-corrected chi connectivity index (χ1v) is 20.1. The molecule has 47 heavy (non-hydrogen) atoms. The van der Waals surface area contributed by atoms with Crippen LogP contribution in [0.5, 0.6) is 11.5 Å². The summed E-state index contributed by atoms with van der Waals surface area (Å²) >= 11 is 0. The number of benzene rings is 2. The Bertz CT molecular complexity index is 1370. The number of hydrogen-bond donors (Lipinski definition) is 0. The third kappa shape index (κ3) is 9.03. The Balaban J connectivity index is 0.000000762. The average Bonchev–Trinajstić information content (AvgIpc) is 3.79. The summed E-state index contributed by atoms with van der Waals surface area (Å²) in [6, 6.07) is 30.1. The first kappa shape index (κ1) is 37.9. The van der Waals surface area contributed by atoms with Crippen molar-refractivity contribution in [2.45, 2.75) is 116 Å². The Labute approximate surface area is 299 Å². The molecule has 254 valence electrons. The van der Waals surface area contributed by atoms with E-state index in [2.05, 4.69) is 101 Å². The van der Waals surface area contributed by atoms with Crippen LogP contribution < -0.4 is 25.4 Å². The van der Waals surface area contributed by atoms with Gasteiger partial charge in [0.1, 0.15) is 11.5 Å². The molecule has 0 spiro atoms. The summed E-state index contributed by atoms with van der Waals surface area (Å²) in [6.45, 7) is 11.4. The van der Waals surface area contributed by atoms with Crippen molar-refractivity contribution in [3.8, 4) is 11.5 Å². The van der Waals surface area contributed by atoms with Crippen LogP contribution in [0.3, 0.4) is 0 Å². The fraction of sp³-hybridized carbons (Fsp3) is 0.476. The van der Waals surface area contributed by atoms with Gasteiger partial charge in [-0.3, -0.25) is 11.6 Å². The van der Waals surface area contributed by atoms with Crippen molar-refractivity contribution < 1.29 is 26.5 Å². The second kappa shape index (κ2) is 18.2. The van der Waals surface area contributed by atoms with Crippen molar-refractivity contribution >= 4 is 31.8 Å². The molecule has 2 nitrogen and oxygen atoms in total. The number of aryl methyl sites for hydroxylation is 4. The molecule has 1 atom stereocenters. The Morgan fingerprint density at radius 2 is 1.15 bits per heavy atom. The van der Waals surface area contributed by atoms with Gasteiger partial charge in [-0.1, -0.05) is 53.4 Å². The molecule has 0 aliphatic heterocycles. The second-order valence-electron chi connectivity index (χ2n) is 13.2. The van der Waals surface area contributed by atoms with Gasteiger partial charge in [0.2, 0.25) is 0 Å². The topological polar surface area (TPSA) is 18.5 Å². The summed E-state index contributed by atoms with van der Waals surface area (Å²) < 4.78 is 11.6. The van der Waals surface area contributed by atoms with Crippen LogP contribution in [0, 0.1) is 58.0 Å². The molecule has 0 bridgehead atoms. The molecule has 2 aliphatic rings. The molecule has 0 N–H and O–H groups in total. The monoisotopic (exact) mass is 705 g/mol. The Morgan fingerprint density at radius 1 is 0.723 bits per heavy atom. The summed E-state index contributed by atoms with van der Waals surface area (Å²) in [7, 11) is 2.74. The molecular formula is C42H51FeO2P2-5. The van der Waals surface area contributed by atoms with E-state index in [9.17, 15) is 0 Å². The van der Waals surface area contributed by atoms with Crippen LogP contribution >= 0.6 is 15.8 Å². The van der Waals surface area contributed by atoms with Gasteiger partial charge in [-0.2, -0.15) is 0 Å². The summed E-state index contributed by atoms with van der Waals surface area (Å²) in [5.41, 5.74) is 8.82. The smallest absolute Gasteiger partial charge is 0.999 e. The maximum Gasteiger partial charge on any atom is 2.00 e.